The van der Waals surface area contributed by atoms with Crippen LogP contribution in [0.1, 0.15) is 43.5 Å². The van der Waals surface area contributed by atoms with E-state index in [1.807, 2.05) is 30.3 Å². The Labute approximate surface area is 182 Å². The van der Waals surface area contributed by atoms with Crippen LogP contribution in [0.5, 0.6) is 0 Å². The van der Waals surface area contributed by atoms with Crippen molar-refractivity contribution in [3.63, 3.8) is 0 Å². The molecule has 156 valence electrons. The molecule has 0 aliphatic heterocycles. The quantitative estimate of drug-likeness (QED) is 0.461. The molecule has 1 aliphatic rings. The Morgan fingerprint density at radius 3 is 2.74 bits per heavy atom. The Kier molecular flexibility index (Phi) is 5.13. The highest BCUT2D eigenvalue weighted by Crippen LogP contribution is 2.39. The Bertz CT molecular complexity index is 1230. The van der Waals surface area contributed by atoms with Crippen LogP contribution in [0.15, 0.2) is 63.7 Å². The minimum absolute atomic E-state index is 0.161. The third-order valence-corrected chi connectivity index (χ3v) is 6.39. The number of hydrogen-bond acceptors (Lipinski definition) is 6. The number of furan rings is 1. The van der Waals surface area contributed by atoms with E-state index in [9.17, 15) is 9.59 Å². The van der Waals surface area contributed by atoms with Crippen molar-refractivity contribution in [1.82, 2.24) is 10.5 Å². The fraction of sp³-hybridized carbons (Fsp3) is 0.174. The van der Waals surface area contributed by atoms with Crippen LogP contribution < -0.4 is 10.6 Å². The van der Waals surface area contributed by atoms with E-state index in [-0.39, 0.29) is 18.1 Å². The van der Waals surface area contributed by atoms with Crippen molar-refractivity contribution in [2.75, 3.05) is 5.32 Å². The minimum Gasteiger partial charge on any atom is -0.467 e. The van der Waals surface area contributed by atoms with Crippen molar-refractivity contribution in [3.05, 3.63) is 82.3 Å². The SMILES string of the molecule is O=C(Nc1sc2c(c1C(=O)NCc1ccco1)CCC2)c1cc(-c2ccccc2)on1. The van der Waals surface area contributed by atoms with Crippen LogP contribution in [-0.4, -0.2) is 17.0 Å². The number of aryl methyl sites for hydroxylation is 1. The van der Waals surface area contributed by atoms with Gasteiger partial charge in [0, 0.05) is 16.5 Å². The third-order valence-electron chi connectivity index (χ3n) is 5.18. The molecule has 1 aromatic carbocycles. The maximum atomic E-state index is 13.0. The average Bonchev–Trinajstić information content (AvgIpc) is 3.57. The molecule has 8 heteroatoms. The van der Waals surface area contributed by atoms with Gasteiger partial charge in [0.1, 0.15) is 10.8 Å². The lowest BCUT2D eigenvalue weighted by Crippen LogP contribution is -2.25. The first kappa shape index (κ1) is 19.3. The summed E-state index contributed by atoms with van der Waals surface area (Å²) in [4.78, 5) is 26.9. The Hall–Kier alpha value is -3.65. The van der Waals surface area contributed by atoms with E-state index < -0.39 is 5.91 Å². The van der Waals surface area contributed by atoms with Gasteiger partial charge in [0.2, 0.25) is 0 Å². The van der Waals surface area contributed by atoms with Crippen molar-refractivity contribution < 1.29 is 18.5 Å². The number of carbonyl (C=O) groups is 2. The molecule has 0 saturated heterocycles. The topological polar surface area (TPSA) is 97.4 Å². The van der Waals surface area contributed by atoms with Crippen LogP contribution in [0, 0.1) is 0 Å². The van der Waals surface area contributed by atoms with E-state index in [2.05, 4.69) is 15.8 Å². The molecule has 5 rings (SSSR count). The molecular formula is C23H19N3O4S. The summed E-state index contributed by atoms with van der Waals surface area (Å²) in [7, 11) is 0. The number of carbonyl (C=O) groups excluding carboxylic acids is 2. The zero-order chi connectivity index (χ0) is 21.2. The molecule has 4 aromatic rings. The standard InChI is InChI=1S/C23H19N3O4S/c27-21(17-12-18(30-26-17)14-6-2-1-3-7-14)25-23-20(16-9-4-10-19(16)31-23)22(28)24-13-15-8-5-11-29-15/h1-3,5-8,11-12H,4,9-10,13H2,(H,24,28)(H,25,27). The summed E-state index contributed by atoms with van der Waals surface area (Å²) in [5, 5.41) is 10.2. The van der Waals surface area contributed by atoms with Gasteiger partial charge in [-0.05, 0) is 37.0 Å². The molecule has 0 radical (unpaired) electrons. The lowest BCUT2D eigenvalue weighted by Gasteiger charge is -2.08. The smallest absolute Gasteiger partial charge is 0.278 e. The van der Waals surface area contributed by atoms with E-state index >= 15 is 0 Å². The van der Waals surface area contributed by atoms with E-state index in [4.69, 9.17) is 8.94 Å². The van der Waals surface area contributed by atoms with Crippen LogP contribution >= 0.6 is 11.3 Å². The lowest BCUT2D eigenvalue weighted by atomic mass is 10.1. The average molecular weight is 433 g/mol. The third kappa shape index (κ3) is 3.89. The van der Waals surface area contributed by atoms with Gasteiger partial charge >= 0.3 is 0 Å². The maximum Gasteiger partial charge on any atom is 0.278 e. The molecule has 31 heavy (non-hydrogen) atoms. The first-order valence-corrected chi connectivity index (χ1v) is 10.8. The summed E-state index contributed by atoms with van der Waals surface area (Å²) in [6.45, 7) is 0.285. The summed E-state index contributed by atoms with van der Waals surface area (Å²) in [6, 6.07) is 14.6. The van der Waals surface area contributed by atoms with Crippen molar-refractivity contribution in [1.29, 1.82) is 0 Å². The van der Waals surface area contributed by atoms with Gasteiger partial charge in [-0.25, -0.2) is 0 Å². The van der Waals surface area contributed by atoms with E-state index in [0.717, 1.165) is 35.3 Å². The minimum atomic E-state index is -0.411. The van der Waals surface area contributed by atoms with Gasteiger partial charge in [0.15, 0.2) is 11.5 Å². The second-order valence-corrected chi connectivity index (χ2v) is 8.33. The van der Waals surface area contributed by atoms with Gasteiger partial charge in [-0.3, -0.25) is 9.59 Å². The summed E-state index contributed by atoms with van der Waals surface area (Å²) in [5.41, 5.74) is 2.54. The molecular weight excluding hydrogens is 414 g/mol. The van der Waals surface area contributed by atoms with Gasteiger partial charge in [-0.1, -0.05) is 35.5 Å². The number of benzene rings is 1. The highest BCUT2D eigenvalue weighted by Gasteiger charge is 2.28. The van der Waals surface area contributed by atoms with Crippen LogP contribution in [0.3, 0.4) is 0 Å². The second-order valence-electron chi connectivity index (χ2n) is 7.22. The number of aromatic nitrogens is 1. The summed E-state index contributed by atoms with van der Waals surface area (Å²) < 4.78 is 10.6. The monoisotopic (exact) mass is 433 g/mol. The number of amides is 2. The molecule has 3 heterocycles. The maximum absolute atomic E-state index is 13.0. The summed E-state index contributed by atoms with van der Waals surface area (Å²) in [6.07, 6.45) is 4.32. The second kappa shape index (κ2) is 8.23. The molecule has 0 atom stereocenters. The largest absolute Gasteiger partial charge is 0.467 e. The summed E-state index contributed by atoms with van der Waals surface area (Å²) in [5.74, 6) is 0.542. The van der Waals surface area contributed by atoms with Crippen LogP contribution in [0.2, 0.25) is 0 Å². The number of hydrogen-bond donors (Lipinski definition) is 2. The fourth-order valence-electron chi connectivity index (χ4n) is 3.69. The summed E-state index contributed by atoms with van der Waals surface area (Å²) >= 11 is 1.45. The molecule has 1 aliphatic carbocycles. The molecule has 2 N–H and O–H groups in total. The van der Waals surface area contributed by atoms with E-state index in [1.165, 1.54) is 11.3 Å². The Morgan fingerprint density at radius 1 is 1.06 bits per heavy atom. The molecule has 7 nitrogen and oxygen atoms in total. The van der Waals surface area contributed by atoms with Crippen molar-refractivity contribution in [2.24, 2.45) is 0 Å². The lowest BCUT2D eigenvalue weighted by molar-refractivity contribution is 0.0948. The van der Waals surface area contributed by atoms with Crippen LogP contribution in [-0.2, 0) is 19.4 Å². The Balaban J connectivity index is 1.36. The predicted octanol–water partition coefficient (Wildman–Crippen LogP) is 4.67. The molecule has 2 amide bonds. The fourth-order valence-corrected chi connectivity index (χ4v) is 4.97. The Morgan fingerprint density at radius 2 is 1.94 bits per heavy atom. The first-order chi connectivity index (χ1) is 15.2. The first-order valence-electron chi connectivity index (χ1n) is 9.97. The van der Waals surface area contributed by atoms with Crippen LogP contribution in [0.25, 0.3) is 11.3 Å². The number of thiophene rings is 1. The van der Waals surface area contributed by atoms with E-state index in [0.29, 0.717) is 22.1 Å². The number of nitrogens with one attached hydrogen (secondary N) is 2. The zero-order valence-corrected chi connectivity index (χ0v) is 17.3. The normalized spacial score (nSPS) is 12.5. The van der Waals surface area contributed by atoms with Crippen molar-refractivity contribution >= 4 is 28.2 Å². The molecule has 0 saturated carbocycles. The highest BCUT2D eigenvalue weighted by atomic mass is 32.1. The highest BCUT2D eigenvalue weighted by molar-refractivity contribution is 7.17. The zero-order valence-electron chi connectivity index (χ0n) is 16.5. The number of rotatable bonds is 6. The number of anilines is 1. The molecule has 3 aromatic heterocycles. The van der Waals surface area contributed by atoms with Crippen molar-refractivity contribution in [2.45, 2.75) is 25.8 Å². The van der Waals surface area contributed by atoms with Gasteiger partial charge in [-0.15, -0.1) is 11.3 Å². The van der Waals surface area contributed by atoms with E-state index in [1.54, 1.807) is 24.5 Å². The predicted molar refractivity (Wildman–Crippen MR) is 116 cm³/mol. The van der Waals surface area contributed by atoms with Crippen LogP contribution in [0.4, 0.5) is 5.00 Å². The molecule has 0 unspecified atom stereocenters. The molecule has 0 bridgehead atoms. The van der Waals surface area contributed by atoms with Crippen molar-refractivity contribution in [3.8, 4) is 11.3 Å². The van der Waals surface area contributed by atoms with Gasteiger partial charge in [0.05, 0.1) is 18.4 Å². The number of fused-ring (bicyclic) bond motifs is 1. The molecule has 0 spiro atoms. The van der Waals surface area contributed by atoms with Gasteiger partial charge in [-0.2, -0.15) is 0 Å². The van der Waals surface area contributed by atoms with Gasteiger partial charge in [0.25, 0.3) is 11.8 Å². The molecule has 0 fully saturated rings. The van der Waals surface area contributed by atoms with Gasteiger partial charge < -0.3 is 19.6 Å². The number of nitrogens with zero attached hydrogens (tertiary/aromatic N) is 1.